The molecule has 3 aromatic heterocycles. The number of para-hydroxylation sites is 6. The number of ether oxygens (including phenoxy) is 1. The van der Waals surface area contributed by atoms with Crippen LogP contribution in [0.1, 0.15) is 26.3 Å². The molecule has 0 N–H and O–H groups in total. The van der Waals surface area contributed by atoms with E-state index in [0.29, 0.717) is 5.75 Å². The van der Waals surface area contributed by atoms with Crippen molar-refractivity contribution in [3.63, 3.8) is 0 Å². The second-order valence-electron chi connectivity index (χ2n) is 19.2. The molecule has 70 heavy (non-hydrogen) atoms. The predicted molar refractivity (Wildman–Crippen MR) is 288 cm³/mol. The van der Waals surface area contributed by atoms with Gasteiger partial charge in [0, 0.05) is 33.3 Å². The van der Waals surface area contributed by atoms with Crippen molar-refractivity contribution in [2.75, 3.05) is 0 Å². The molecule has 0 unspecified atom stereocenters. The fraction of sp³-hybridized carbons (Fsp3) is 0.0615. The van der Waals surface area contributed by atoms with E-state index in [2.05, 4.69) is 282 Å². The summed E-state index contributed by atoms with van der Waals surface area (Å²) in [6.45, 7) is 6.88. The van der Waals surface area contributed by atoms with Gasteiger partial charge in [-0.3, -0.25) is 9.13 Å². The van der Waals surface area contributed by atoms with E-state index in [-0.39, 0.29) is 5.41 Å². The first-order valence-electron chi connectivity index (χ1n) is 24.0. The Labute approximate surface area is 406 Å². The van der Waals surface area contributed by atoms with Gasteiger partial charge in [0.2, 0.25) is 0 Å². The van der Waals surface area contributed by atoms with Gasteiger partial charge in [-0.1, -0.05) is 191 Å². The summed E-state index contributed by atoms with van der Waals surface area (Å²) in [6, 6.07) is 84.6. The topological polar surface area (TPSA) is 27.9 Å². The van der Waals surface area contributed by atoms with Gasteiger partial charge < -0.3 is 13.9 Å². The van der Waals surface area contributed by atoms with E-state index in [1.165, 1.54) is 32.8 Å². The molecule has 0 aliphatic rings. The summed E-state index contributed by atoms with van der Waals surface area (Å²) in [5.41, 5.74) is 16.4. The van der Waals surface area contributed by atoms with Crippen molar-refractivity contribution in [3.05, 3.63) is 248 Å². The van der Waals surface area contributed by atoms with Crippen LogP contribution in [0, 0.1) is 6.33 Å². The van der Waals surface area contributed by atoms with Gasteiger partial charge in [-0.2, -0.15) is 0 Å². The van der Waals surface area contributed by atoms with Crippen molar-refractivity contribution >= 4 is 54.6 Å². The molecule has 13 rings (SSSR count). The number of benzene rings is 10. The molecule has 0 aliphatic heterocycles. The van der Waals surface area contributed by atoms with Gasteiger partial charge >= 0.3 is 0 Å². The van der Waals surface area contributed by atoms with E-state index in [1.807, 2.05) is 0 Å². The number of nitrogens with zero attached hydrogens (tertiary/aromatic N) is 4. The lowest BCUT2D eigenvalue weighted by Crippen LogP contribution is -2.30. The smallest absolute Gasteiger partial charge is 0.269 e. The Morgan fingerprint density at radius 2 is 1.00 bits per heavy atom. The minimum Gasteiger partial charge on any atom is -0.456 e. The second kappa shape index (κ2) is 16.4. The van der Waals surface area contributed by atoms with Crippen LogP contribution >= 0.6 is 0 Å². The van der Waals surface area contributed by atoms with E-state index in [4.69, 9.17) is 4.74 Å². The predicted octanol–water partition coefficient (Wildman–Crippen LogP) is 16.3. The average Bonchev–Trinajstić information content (AvgIpc) is 4.07. The molecular formula is C65H48N4O. The Morgan fingerprint density at radius 1 is 0.414 bits per heavy atom. The van der Waals surface area contributed by atoms with Gasteiger partial charge in [-0.25, -0.2) is 0 Å². The third-order valence-electron chi connectivity index (χ3n) is 13.8. The lowest BCUT2D eigenvalue weighted by atomic mass is 9.85. The van der Waals surface area contributed by atoms with Crippen LogP contribution in [0.25, 0.3) is 99.6 Å². The first kappa shape index (κ1) is 41.3. The third kappa shape index (κ3) is 6.89. The van der Waals surface area contributed by atoms with E-state index < -0.39 is 0 Å². The molecule has 0 saturated carbocycles. The maximum Gasteiger partial charge on any atom is 0.269 e. The third-order valence-corrected chi connectivity index (χ3v) is 13.8. The van der Waals surface area contributed by atoms with E-state index in [1.54, 1.807) is 0 Å². The number of aromatic nitrogens is 4. The van der Waals surface area contributed by atoms with E-state index >= 15 is 0 Å². The second-order valence-corrected chi connectivity index (χ2v) is 19.2. The van der Waals surface area contributed by atoms with Gasteiger partial charge in [0.05, 0.1) is 50.2 Å². The van der Waals surface area contributed by atoms with Crippen molar-refractivity contribution in [3.8, 4) is 56.5 Å². The molecule has 0 spiro atoms. The summed E-state index contributed by atoms with van der Waals surface area (Å²) in [5, 5.41) is 4.70. The maximum atomic E-state index is 7.37. The van der Waals surface area contributed by atoms with Crippen LogP contribution in [0.4, 0.5) is 0 Å². The summed E-state index contributed by atoms with van der Waals surface area (Å²) in [5.74, 6) is 1.45. The minimum atomic E-state index is -0.0890. The number of hydrogen-bond donors (Lipinski definition) is 0. The Balaban J connectivity index is 1.03. The molecule has 5 nitrogen and oxygen atoms in total. The van der Waals surface area contributed by atoms with E-state index in [0.717, 1.165) is 78.1 Å². The highest BCUT2D eigenvalue weighted by Gasteiger charge is 2.24. The Bertz CT molecular complexity index is 4080. The van der Waals surface area contributed by atoms with Gasteiger partial charge in [0.25, 0.3) is 6.33 Å². The van der Waals surface area contributed by atoms with Crippen LogP contribution in [0.15, 0.2) is 237 Å². The number of rotatable bonds is 8. The van der Waals surface area contributed by atoms with Gasteiger partial charge in [-0.05, 0) is 93.9 Å². The van der Waals surface area contributed by atoms with Gasteiger partial charge in [0.1, 0.15) is 5.75 Å². The lowest BCUT2D eigenvalue weighted by Gasteiger charge is -2.22. The Morgan fingerprint density at radius 3 is 1.70 bits per heavy atom. The summed E-state index contributed by atoms with van der Waals surface area (Å²) in [4.78, 5) is 0. The summed E-state index contributed by atoms with van der Waals surface area (Å²) in [7, 11) is 0. The van der Waals surface area contributed by atoms with Crippen molar-refractivity contribution in [2.45, 2.75) is 26.2 Å². The van der Waals surface area contributed by atoms with Gasteiger partial charge in [0.15, 0.2) is 5.75 Å². The molecule has 334 valence electrons. The van der Waals surface area contributed by atoms with Crippen LogP contribution in [-0.4, -0.2) is 13.7 Å². The molecule has 0 fully saturated rings. The number of hydrogen-bond acceptors (Lipinski definition) is 1. The minimum absolute atomic E-state index is 0.0890. The van der Waals surface area contributed by atoms with Crippen molar-refractivity contribution in [1.82, 2.24) is 13.7 Å². The Kier molecular flexibility index (Phi) is 9.67. The molecule has 0 saturated heterocycles. The monoisotopic (exact) mass is 900 g/mol. The zero-order chi connectivity index (χ0) is 46.9. The molecule has 0 amide bonds. The molecule has 5 heteroatoms. The van der Waals surface area contributed by atoms with Crippen LogP contribution in [0.3, 0.4) is 0 Å². The van der Waals surface area contributed by atoms with Gasteiger partial charge in [-0.15, -0.1) is 0 Å². The molecule has 13 aromatic rings. The zero-order valence-electron chi connectivity index (χ0n) is 39.2. The normalized spacial score (nSPS) is 11.9. The zero-order valence-corrected chi connectivity index (χ0v) is 39.2. The fourth-order valence-corrected chi connectivity index (χ4v) is 10.4. The largest absolute Gasteiger partial charge is 0.456 e. The van der Waals surface area contributed by atoms with Crippen LogP contribution in [-0.2, 0) is 5.41 Å². The van der Waals surface area contributed by atoms with Crippen LogP contribution in [0.2, 0.25) is 0 Å². The first-order chi connectivity index (χ1) is 34.4. The lowest BCUT2D eigenvalue weighted by molar-refractivity contribution is -0.571. The standard InChI is InChI=1S/C65H48N4O/c1-65(2,3)47-37-46(44-21-6-4-7-22-44)38-49(39-47)68-57-32-15-13-30-54(57)55-41-63(69-58-33-16-11-28-52(58)53-29-12-17-34-59(53)69)64(42-62(55)68)70-50-26-20-25-48(40-50)66-43-67(61-36-19-18-35-60(61)66)56-31-14-10-27-51(56)45-23-8-5-9-24-45/h4-42H,1-3H3. The maximum absolute atomic E-state index is 7.37. The SMILES string of the molecule is CC(C)(C)c1cc(-c2ccccc2)cc(-n2c3ccccc3c3cc(-n4c5ccccc5c5ccccc54)c(Oc4cccc(-n5[c-][n+](-c6ccccc6-c6ccccc6)c6ccccc65)c4)cc32)c1. The summed E-state index contributed by atoms with van der Waals surface area (Å²) < 4.78 is 16.5. The highest BCUT2D eigenvalue weighted by Crippen LogP contribution is 2.44. The number of imidazole rings is 1. The quantitative estimate of drug-likeness (QED) is 0.110. The molecule has 0 radical (unpaired) electrons. The van der Waals surface area contributed by atoms with Crippen LogP contribution < -0.4 is 9.30 Å². The summed E-state index contributed by atoms with van der Waals surface area (Å²) >= 11 is 0. The van der Waals surface area contributed by atoms with Crippen LogP contribution in [0.5, 0.6) is 11.5 Å². The van der Waals surface area contributed by atoms with Crippen molar-refractivity contribution in [1.29, 1.82) is 0 Å². The average molecular weight is 901 g/mol. The summed E-state index contributed by atoms with van der Waals surface area (Å²) in [6.07, 6.45) is 3.76. The van der Waals surface area contributed by atoms with Crippen molar-refractivity contribution in [2.24, 2.45) is 0 Å². The first-order valence-corrected chi connectivity index (χ1v) is 24.0. The Hall–Kier alpha value is -8.93. The molecule has 0 bridgehead atoms. The molecule has 3 heterocycles. The number of fused-ring (bicyclic) bond motifs is 7. The molecule has 0 atom stereocenters. The van der Waals surface area contributed by atoms with E-state index in [9.17, 15) is 0 Å². The highest BCUT2D eigenvalue weighted by molar-refractivity contribution is 6.13. The highest BCUT2D eigenvalue weighted by atomic mass is 16.5. The molecular weight excluding hydrogens is 853 g/mol. The fourth-order valence-electron chi connectivity index (χ4n) is 10.4. The molecule has 10 aromatic carbocycles. The van der Waals surface area contributed by atoms with Crippen molar-refractivity contribution < 1.29 is 9.30 Å². The molecule has 0 aliphatic carbocycles.